The quantitative estimate of drug-likeness (QED) is 0.446. The third-order valence-corrected chi connectivity index (χ3v) is 5.21. The summed E-state index contributed by atoms with van der Waals surface area (Å²) in [5.74, 6) is 1.47. The number of halogens is 2. The molecule has 0 atom stereocenters. The Morgan fingerprint density at radius 1 is 1.05 bits per heavy atom. The first kappa shape index (κ1) is 14.5. The van der Waals surface area contributed by atoms with Crippen molar-refractivity contribution in [2.24, 2.45) is 0 Å². The predicted molar refractivity (Wildman–Crippen MR) is 94.0 cm³/mol. The van der Waals surface area contributed by atoms with Crippen molar-refractivity contribution < 1.29 is 4.74 Å². The zero-order valence-corrected chi connectivity index (χ0v) is 14.4. The van der Waals surface area contributed by atoms with E-state index in [1.165, 1.54) is 0 Å². The van der Waals surface area contributed by atoms with Crippen molar-refractivity contribution in [1.29, 1.82) is 0 Å². The molecule has 0 aliphatic heterocycles. The minimum Gasteiger partial charge on any atom is -0.496 e. The van der Waals surface area contributed by atoms with Gasteiger partial charge in [-0.1, -0.05) is 35.9 Å². The number of hydrogen-bond donors (Lipinski definition) is 0. The van der Waals surface area contributed by atoms with Crippen molar-refractivity contribution in [1.82, 2.24) is 9.97 Å². The third kappa shape index (κ3) is 2.58. The van der Waals surface area contributed by atoms with Crippen LogP contribution in [-0.2, 0) is 0 Å². The van der Waals surface area contributed by atoms with Gasteiger partial charge in [0.05, 0.1) is 16.4 Å². The van der Waals surface area contributed by atoms with Crippen molar-refractivity contribution in [2.75, 3.05) is 7.11 Å². The number of benzene rings is 2. The molecule has 3 aromatic rings. The Kier molecular flexibility index (Phi) is 3.99. The SMILES string of the molecule is COc1ccc(-c2nc(C)c(I)c(Cl)n2)c2ccccc12. The van der Waals surface area contributed by atoms with Crippen LogP contribution in [0.15, 0.2) is 36.4 Å². The molecule has 0 N–H and O–H groups in total. The summed E-state index contributed by atoms with van der Waals surface area (Å²) in [5, 5.41) is 2.57. The van der Waals surface area contributed by atoms with Crippen LogP contribution >= 0.6 is 34.2 Å². The van der Waals surface area contributed by atoms with Crippen LogP contribution in [-0.4, -0.2) is 17.1 Å². The van der Waals surface area contributed by atoms with Gasteiger partial charge in [-0.05, 0) is 47.0 Å². The van der Waals surface area contributed by atoms with Crippen LogP contribution in [0.1, 0.15) is 5.69 Å². The molecule has 5 heteroatoms. The molecule has 2 aromatic carbocycles. The lowest BCUT2D eigenvalue weighted by Gasteiger charge is -2.11. The summed E-state index contributed by atoms with van der Waals surface area (Å²) in [6, 6.07) is 12.0. The second kappa shape index (κ2) is 5.77. The minimum atomic E-state index is 0.484. The van der Waals surface area contributed by atoms with Gasteiger partial charge >= 0.3 is 0 Å². The normalized spacial score (nSPS) is 10.9. The van der Waals surface area contributed by atoms with Gasteiger partial charge in [0, 0.05) is 10.9 Å². The summed E-state index contributed by atoms with van der Waals surface area (Å²) in [4.78, 5) is 8.98. The molecule has 0 aliphatic rings. The van der Waals surface area contributed by atoms with E-state index in [2.05, 4.69) is 32.6 Å². The summed E-state index contributed by atoms with van der Waals surface area (Å²) in [5.41, 5.74) is 1.83. The maximum absolute atomic E-state index is 6.20. The van der Waals surface area contributed by atoms with E-state index in [1.807, 2.05) is 43.3 Å². The van der Waals surface area contributed by atoms with Crippen molar-refractivity contribution in [3.8, 4) is 17.1 Å². The Morgan fingerprint density at radius 3 is 2.43 bits per heavy atom. The van der Waals surface area contributed by atoms with Crippen LogP contribution in [0, 0.1) is 10.5 Å². The van der Waals surface area contributed by atoms with Crippen molar-refractivity contribution in [3.63, 3.8) is 0 Å². The van der Waals surface area contributed by atoms with Crippen LogP contribution in [0.2, 0.25) is 5.15 Å². The van der Waals surface area contributed by atoms with Crippen LogP contribution in [0.5, 0.6) is 5.75 Å². The Balaban J connectivity index is 2.31. The average Bonchev–Trinajstić information content (AvgIpc) is 2.51. The van der Waals surface area contributed by atoms with Gasteiger partial charge in [0.25, 0.3) is 0 Å². The predicted octanol–water partition coefficient (Wildman–Crippen LogP) is 4.87. The molecule has 0 spiro atoms. The number of fused-ring (bicyclic) bond motifs is 1. The van der Waals surface area contributed by atoms with E-state index >= 15 is 0 Å². The molecular weight excluding hydrogens is 399 g/mol. The fraction of sp³-hybridized carbons (Fsp3) is 0.125. The second-order valence-electron chi connectivity index (χ2n) is 4.60. The highest BCUT2D eigenvalue weighted by molar-refractivity contribution is 14.1. The highest BCUT2D eigenvalue weighted by Crippen LogP contribution is 2.34. The monoisotopic (exact) mass is 410 g/mol. The largest absolute Gasteiger partial charge is 0.496 e. The lowest BCUT2D eigenvalue weighted by molar-refractivity contribution is 0.420. The lowest BCUT2D eigenvalue weighted by Crippen LogP contribution is -1.97. The molecule has 21 heavy (non-hydrogen) atoms. The number of ether oxygens (including phenoxy) is 1. The Hall–Kier alpha value is -1.40. The number of aryl methyl sites for hydroxylation is 1. The van der Waals surface area contributed by atoms with Crippen LogP contribution in [0.3, 0.4) is 0 Å². The standard InChI is InChI=1S/C16H12ClIN2O/c1-9-14(18)15(17)20-16(19-9)12-7-8-13(21-2)11-6-4-3-5-10(11)12/h3-8H,1-2H3. The fourth-order valence-electron chi connectivity index (χ4n) is 2.29. The molecule has 0 saturated heterocycles. The Labute approximate surface area is 141 Å². The van der Waals surface area contributed by atoms with E-state index in [4.69, 9.17) is 16.3 Å². The van der Waals surface area contributed by atoms with E-state index in [1.54, 1.807) is 7.11 Å². The molecule has 106 valence electrons. The van der Waals surface area contributed by atoms with Gasteiger partial charge in [0.2, 0.25) is 0 Å². The van der Waals surface area contributed by atoms with E-state index in [-0.39, 0.29) is 0 Å². The second-order valence-corrected chi connectivity index (χ2v) is 6.04. The summed E-state index contributed by atoms with van der Waals surface area (Å²) < 4.78 is 6.30. The zero-order chi connectivity index (χ0) is 15.0. The maximum atomic E-state index is 6.20. The molecule has 0 radical (unpaired) electrons. The number of aromatic nitrogens is 2. The first-order valence-corrected chi connectivity index (χ1v) is 7.83. The topological polar surface area (TPSA) is 35.0 Å². The molecule has 1 aromatic heterocycles. The molecule has 3 nitrogen and oxygen atoms in total. The average molecular weight is 411 g/mol. The van der Waals surface area contributed by atoms with E-state index < -0.39 is 0 Å². The van der Waals surface area contributed by atoms with Gasteiger partial charge in [-0.15, -0.1) is 0 Å². The summed E-state index contributed by atoms with van der Waals surface area (Å²) in [6.45, 7) is 1.94. The third-order valence-electron chi connectivity index (χ3n) is 3.32. The van der Waals surface area contributed by atoms with Gasteiger partial charge in [-0.25, -0.2) is 9.97 Å². The molecular formula is C16H12ClIN2O. The van der Waals surface area contributed by atoms with E-state index in [0.717, 1.165) is 31.3 Å². The number of rotatable bonds is 2. The van der Waals surface area contributed by atoms with Gasteiger partial charge in [0.15, 0.2) is 5.82 Å². The highest BCUT2D eigenvalue weighted by atomic mass is 127. The van der Waals surface area contributed by atoms with Crippen LogP contribution < -0.4 is 4.74 Å². The Bertz CT molecular complexity index is 813. The maximum Gasteiger partial charge on any atom is 0.161 e. The van der Waals surface area contributed by atoms with Crippen molar-refractivity contribution in [2.45, 2.75) is 6.92 Å². The van der Waals surface area contributed by atoms with E-state index in [0.29, 0.717) is 11.0 Å². The summed E-state index contributed by atoms with van der Waals surface area (Å²) in [7, 11) is 1.67. The van der Waals surface area contributed by atoms with Gasteiger partial charge in [0.1, 0.15) is 10.9 Å². The van der Waals surface area contributed by atoms with Gasteiger partial charge in [-0.2, -0.15) is 0 Å². The van der Waals surface area contributed by atoms with Gasteiger partial charge < -0.3 is 4.74 Å². The lowest BCUT2D eigenvalue weighted by atomic mass is 10.0. The molecule has 1 heterocycles. The van der Waals surface area contributed by atoms with E-state index in [9.17, 15) is 0 Å². The van der Waals surface area contributed by atoms with Crippen LogP contribution in [0.25, 0.3) is 22.2 Å². The molecule has 0 bridgehead atoms. The highest BCUT2D eigenvalue weighted by Gasteiger charge is 2.13. The molecule has 0 fully saturated rings. The minimum absolute atomic E-state index is 0.484. The summed E-state index contributed by atoms with van der Waals surface area (Å²) in [6.07, 6.45) is 0. The number of methoxy groups -OCH3 is 1. The molecule has 0 unspecified atom stereocenters. The molecule has 0 saturated carbocycles. The van der Waals surface area contributed by atoms with Crippen molar-refractivity contribution >= 4 is 45.0 Å². The zero-order valence-electron chi connectivity index (χ0n) is 11.5. The molecule has 0 aliphatic carbocycles. The number of nitrogens with zero attached hydrogens (tertiary/aromatic N) is 2. The number of hydrogen-bond acceptors (Lipinski definition) is 3. The Morgan fingerprint density at radius 2 is 1.76 bits per heavy atom. The van der Waals surface area contributed by atoms with Crippen LogP contribution in [0.4, 0.5) is 0 Å². The smallest absolute Gasteiger partial charge is 0.161 e. The molecule has 3 rings (SSSR count). The summed E-state index contributed by atoms with van der Waals surface area (Å²) >= 11 is 8.35. The van der Waals surface area contributed by atoms with Crippen molar-refractivity contribution in [3.05, 3.63) is 50.8 Å². The first-order chi connectivity index (χ1) is 10.1. The first-order valence-electron chi connectivity index (χ1n) is 6.37. The fourth-order valence-corrected chi connectivity index (χ4v) is 2.75. The van der Waals surface area contributed by atoms with Gasteiger partial charge in [-0.3, -0.25) is 0 Å². The molecule has 0 amide bonds.